The van der Waals surface area contributed by atoms with Crippen LogP contribution in [-0.4, -0.2) is 17.7 Å². The lowest BCUT2D eigenvalue weighted by Gasteiger charge is -2.05. The summed E-state index contributed by atoms with van der Waals surface area (Å²) in [6, 6.07) is 8.43. The minimum absolute atomic E-state index is 0.101. The van der Waals surface area contributed by atoms with E-state index < -0.39 is 0 Å². The average molecular weight is 247 g/mol. The van der Waals surface area contributed by atoms with Crippen LogP contribution < -0.4 is 15.8 Å². The van der Waals surface area contributed by atoms with Gasteiger partial charge in [0, 0.05) is 11.8 Å². The Balaban J connectivity index is 1.83. The Hall–Kier alpha value is -2.50. The number of carbonyl (C=O) groups is 1. The molecule has 1 amide bonds. The van der Waals surface area contributed by atoms with Gasteiger partial charge < -0.3 is 20.3 Å². The van der Waals surface area contributed by atoms with Gasteiger partial charge in [-0.2, -0.15) is 0 Å². The number of hydrogen-bond acceptors (Lipinski definition) is 5. The van der Waals surface area contributed by atoms with Gasteiger partial charge in [-0.15, -0.1) is 0 Å². The number of carbonyl (C=O) groups excluding carboxylic acids is 1. The lowest BCUT2D eigenvalue weighted by Crippen LogP contribution is -2.20. The highest BCUT2D eigenvalue weighted by Crippen LogP contribution is 2.13. The first-order chi connectivity index (χ1) is 8.63. The number of aryl methyl sites for hydroxylation is 1. The summed E-state index contributed by atoms with van der Waals surface area (Å²) in [4.78, 5) is 11.5. The van der Waals surface area contributed by atoms with Crippen LogP contribution in [0.25, 0.3) is 0 Å². The predicted octanol–water partition coefficient (Wildman–Crippen LogP) is 1.58. The molecule has 3 N–H and O–H groups in total. The molecular formula is C12H13N3O3. The number of nitrogens with one attached hydrogen (secondary N) is 1. The number of rotatable bonds is 4. The molecule has 0 aliphatic carbocycles. The van der Waals surface area contributed by atoms with Crippen molar-refractivity contribution in [2.45, 2.75) is 6.92 Å². The Morgan fingerprint density at radius 3 is 2.78 bits per heavy atom. The van der Waals surface area contributed by atoms with Crippen molar-refractivity contribution >= 4 is 17.4 Å². The maximum absolute atomic E-state index is 11.5. The van der Waals surface area contributed by atoms with Crippen LogP contribution in [-0.2, 0) is 4.79 Å². The molecule has 2 aromatic rings. The fourth-order valence-electron chi connectivity index (χ4n) is 1.32. The molecule has 18 heavy (non-hydrogen) atoms. The van der Waals surface area contributed by atoms with Crippen LogP contribution in [0.3, 0.4) is 0 Å². The van der Waals surface area contributed by atoms with Crippen molar-refractivity contribution in [3.8, 4) is 5.75 Å². The van der Waals surface area contributed by atoms with Gasteiger partial charge >= 0.3 is 0 Å². The molecule has 0 bridgehead atoms. The molecule has 0 fully saturated rings. The van der Waals surface area contributed by atoms with Gasteiger partial charge in [-0.25, -0.2) is 0 Å². The average Bonchev–Trinajstić information content (AvgIpc) is 2.74. The standard InChI is InChI=1S/C12H13N3O3/c1-8-6-11(15-18-8)14-12(16)7-17-10-4-2-9(13)3-5-10/h2-6H,7,13H2,1H3,(H,14,15,16). The fourth-order valence-corrected chi connectivity index (χ4v) is 1.32. The summed E-state index contributed by atoms with van der Waals surface area (Å²) in [5.74, 6) is 1.28. The van der Waals surface area contributed by atoms with Gasteiger partial charge in [0.15, 0.2) is 12.4 Å². The van der Waals surface area contributed by atoms with Crippen LogP contribution in [0, 0.1) is 6.92 Å². The van der Waals surface area contributed by atoms with Gasteiger partial charge in [-0.1, -0.05) is 5.16 Å². The van der Waals surface area contributed by atoms with E-state index in [9.17, 15) is 4.79 Å². The minimum atomic E-state index is -0.305. The second-order valence-corrected chi connectivity index (χ2v) is 3.73. The molecule has 2 rings (SSSR count). The highest BCUT2D eigenvalue weighted by Gasteiger charge is 2.06. The molecule has 0 aliphatic heterocycles. The van der Waals surface area contributed by atoms with Crippen molar-refractivity contribution in [3.63, 3.8) is 0 Å². The quantitative estimate of drug-likeness (QED) is 0.800. The second kappa shape index (κ2) is 5.22. The number of aromatic nitrogens is 1. The van der Waals surface area contributed by atoms with Crippen molar-refractivity contribution in [1.82, 2.24) is 5.16 Å². The van der Waals surface area contributed by atoms with Gasteiger partial charge in [0.25, 0.3) is 5.91 Å². The molecule has 6 heteroatoms. The lowest BCUT2D eigenvalue weighted by atomic mass is 10.3. The van der Waals surface area contributed by atoms with Crippen LogP contribution in [0.2, 0.25) is 0 Å². The van der Waals surface area contributed by atoms with Gasteiger partial charge in [0.1, 0.15) is 11.5 Å². The SMILES string of the molecule is Cc1cc(NC(=O)COc2ccc(N)cc2)no1. The third-order valence-electron chi connectivity index (χ3n) is 2.15. The molecule has 94 valence electrons. The van der Waals surface area contributed by atoms with E-state index in [-0.39, 0.29) is 12.5 Å². The molecule has 0 saturated heterocycles. The smallest absolute Gasteiger partial charge is 0.263 e. The third-order valence-corrected chi connectivity index (χ3v) is 2.15. The number of anilines is 2. The number of ether oxygens (including phenoxy) is 1. The van der Waals surface area contributed by atoms with E-state index in [0.29, 0.717) is 23.0 Å². The second-order valence-electron chi connectivity index (χ2n) is 3.73. The summed E-state index contributed by atoms with van der Waals surface area (Å²) in [7, 11) is 0. The number of amides is 1. The van der Waals surface area contributed by atoms with Crippen molar-refractivity contribution < 1.29 is 14.1 Å². The van der Waals surface area contributed by atoms with E-state index in [1.165, 1.54) is 0 Å². The highest BCUT2D eigenvalue weighted by molar-refractivity contribution is 5.90. The van der Waals surface area contributed by atoms with Gasteiger partial charge in [-0.3, -0.25) is 4.79 Å². The summed E-state index contributed by atoms with van der Waals surface area (Å²) in [5, 5.41) is 6.19. The Morgan fingerprint density at radius 2 is 2.17 bits per heavy atom. The summed E-state index contributed by atoms with van der Waals surface area (Å²) in [5.41, 5.74) is 6.18. The molecule has 0 radical (unpaired) electrons. The maximum Gasteiger partial charge on any atom is 0.263 e. The highest BCUT2D eigenvalue weighted by atomic mass is 16.5. The third kappa shape index (κ3) is 3.24. The normalized spacial score (nSPS) is 10.1. The summed E-state index contributed by atoms with van der Waals surface area (Å²) in [6.45, 7) is 1.64. The summed E-state index contributed by atoms with van der Waals surface area (Å²) < 4.78 is 10.1. The summed E-state index contributed by atoms with van der Waals surface area (Å²) >= 11 is 0. The van der Waals surface area contributed by atoms with Crippen molar-refractivity contribution in [2.75, 3.05) is 17.7 Å². The Morgan fingerprint density at radius 1 is 1.44 bits per heavy atom. The van der Waals surface area contributed by atoms with Gasteiger partial charge in [-0.05, 0) is 31.2 Å². The number of nitrogen functional groups attached to an aromatic ring is 1. The Kier molecular flexibility index (Phi) is 3.47. The first-order valence-electron chi connectivity index (χ1n) is 5.35. The van der Waals surface area contributed by atoms with E-state index in [1.807, 2.05) is 0 Å². The van der Waals surface area contributed by atoms with Crippen LogP contribution >= 0.6 is 0 Å². The van der Waals surface area contributed by atoms with E-state index in [1.54, 1.807) is 37.3 Å². The zero-order valence-corrected chi connectivity index (χ0v) is 9.84. The van der Waals surface area contributed by atoms with Crippen molar-refractivity contribution in [2.24, 2.45) is 0 Å². The first-order valence-corrected chi connectivity index (χ1v) is 5.35. The number of nitrogens with two attached hydrogens (primary N) is 1. The van der Waals surface area contributed by atoms with E-state index >= 15 is 0 Å². The fraction of sp³-hybridized carbons (Fsp3) is 0.167. The molecular weight excluding hydrogens is 234 g/mol. The molecule has 0 aliphatic rings. The van der Waals surface area contributed by atoms with E-state index in [0.717, 1.165) is 0 Å². The summed E-state index contributed by atoms with van der Waals surface area (Å²) in [6.07, 6.45) is 0. The Bertz CT molecular complexity index is 534. The predicted molar refractivity (Wildman–Crippen MR) is 66.2 cm³/mol. The van der Waals surface area contributed by atoms with Crippen LogP contribution in [0.4, 0.5) is 11.5 Å². The maximum atomic E-state index is 11.5. The largest absolute Gasteiger partial charge is 0.484 e. The zero-order valence-electron chi connectivity index (χ0n) is 9.84. The van der Waals surface area contributed by atoms with Gasteiger partial charge in [0.2, 0.25) is 0 Å². The van der Waals surface area contributed by atoms with Gasteiger partial charge in [0.05, 0.1) is 0 Å². The van der Waals surface area contributed by atoms with Crippen LogP contribution in [0.5, 0.6) is 5.75 Å². The first kappa shape index (κ1) is 12.0. The molecule has 1 heterocycles. The molecule has 0 unspecified atom stereocenters. The van der Waals surface area contributed by atoms with E-state index in [4.69, 9.17) is 15.0 Å². The molecule has 0 atom stereocenters. The molecule has 1 aromatic heterocycles. The molecule has 1 aromatic carbocycles. The molecule has 6 nitrogen and oxygen atoms in total. The monoisotopic (exact) mass is 247 g/mol. The number of nitrogens with zero attached hydrogens (tertiary/aromatic N) is 1. The topological polar surface area (TPSA) is 90.4 Å². The molecule has 0 spiro atoms. The minimum Gasteiger partial charge on any atom is -0.484 e. The van der Waals surface area contributed by atoms with Crippen LogP contribution in [0.15, 0.2) is 34.9 Å². The Labute approximate surface area is 104 Å². The molecule has 0 saturated carbocycles. The van der Waals surface area contributed by atoms with Crippen LogP contribution in [0.1, 0.15) is 5.76 Å². The lowest BCUT2D eigenvalue weighted by molar-refractivity contribution is -0.118. The number of hydrogen-bond donors (Lipinski definition) is 2. The van der Waals surface area contributed by atoms with E-state index in [2.05, 4.69) is 10.5 Å². The van der Waals surface area contributed by atoms with Crippen molar-refractivity contribution in [1.29, 1.82) is 0 Å². The zero-order chi connectivity index (χ0) is 13.0. The van der Waals surface area contributed by atoms with Crippen molar-refractivity contribution in [3.05, 3.63) is 36.1 Å². The number of benzene rings is 1.